The number of amides is 2. The van der Waals surface area contributed by atoms with Crippen molar-refractivity contribution in [1.82, 2.24) is 14.5 Å². The molecular formula is C25H34N4O4S. The number of anilines is 1. The quantitative estimate of drug-likeness (QED) is 0.568. The van der Waals surface area contributed by atoms with Crippen LogP contribution < -0.4 is 10.6 Å². The summed E-state index contributed by atoms with van der Waals surface area (Å²) in [4.78, 5) is 27.6. The van der Waals surface area contributed by atoms with Gasteiger partial charge in [0.05, 0.1) is 17.0 Å². The molecule has 0 aromatic heterocycles. The van der Waals surface area contributed by atoms with Crippen molar-refractivity contribution < 1.29 is 18.0 Å². The van der Waals surface area contributed by atoms with Gasteiger partial charge in [0.1, 0.15) is 0 Å². The summed E-state index contributed by atoms with van der Waals surface area (Å²) in [5, 5.41) is 5.78. The Kier molecular flexibility index (Phi) is 8.82. The lowest BCUT2D eigenvalue weighted by atomic mass is 10.1. The lowest BCUT2D eigenvalue weighted by Gasteiger charge is -2.33. The van der Waals surface area contributed by atoms with Gasteiger partial charge in [0, 0.05) is 44.3 Å². The lowest BCUT2D eigenvalue weighted by molar-refractivity contribution is 0.0940. The van der Waals surface area contributed by atoms with Gasteiger partial charge in [-0.2, -0.15) is 4.31 Å². The predicted octanol–water partition coefficient (Wildman–Crippen LogP) is 2.93. The van der Waals surface area contributed by atoms with Crippen molar-refractivity contribution in [3.8, 4) is 0 Å². The van der Waals surface area contributed by atoms with Crippen LogP contribution in [0.5, 0.6) is 0 Å². The van der Waals surface area contributed by atoms with E-state index in [2.05, 4.69) is 15.5 Å². The van der Waals surface area contributed by atoms with Crippen molar-refractivity contribution in [2.45, 2.75) is 39.8 Å². The fourth-order valence-corrected chi connectivity index (χ4v) is 4.84. The molecule has 1 unspecified atom stereocenters. The molecule has 9 heteroatoms. The maximum atomic E-state index is 12.8. The van der Waals surface area contributed by atoms with Gasteiger partial charge < -0.3 is 10.6 Å². The highest BCUT2D eigenvalue weighted by atomic mass is 32.2. The van der Waals surface area contributed by atoms with Crippen molar-refractivity contribution in [2.24, 2.45) is 0 Å². The van der Waals surface area contributed by atoms with Crippen LogP contribution in [0.15, 0.2) is 48.5 Å². The number of para-hydroxylation sites is 1. The molecule has 1 atom stereocenters. The first-order valence-electron chi connectivity index (χ1n) is 11.7. The van der Waals surface area contributed by atoms with Gasteiger partial charge in [0.2, 0.25) is 10.0 Å². The molecular weight excluding hydrogens is 452 g/mol. The number of hydrogen-bond acceptors (Lipinski definition) is 5. The minimum absolute atomic E-state index is 0.0443. The molecule has 1 heterocycles. The van der Waals surface area contributed by atoms with Crippen LogP contribution >= 0.6 is 0 Å². The number of carbonyl (C=O) groups excluding carboxylic acids is 2. The van der Waals surface area contributed by atoms with E-state index < -0.39 is 10.0 Å². The van der Waals surface area contributed by atoms with Crippen LogP contribution in [0.4, 0.5) is 5.69 Å². The second-order valence-electron chi connectivity index (χ2n) is 8.56. The molecule has 2 aromatic rings. The Morgan fingerprint density at radius 3 is 2.21 bits per heavy atom. The standard InChI is InChI=1S/C25H34N4O4S/c1-4-19(3)26-25(31)22-8-6-7-9-23(22)27-24(30)21-12-10-20(11-13-21)18-28-14-16-29(17-15-28)34(32,33)5-2/h6-13,19H,4-5,14-18H2,1-3H3,(H,26,31)(H,27,30). The van der Waals surface area contributed by atoms with Gasteiger partial charge in [-0.05, 0) is 50.1 Å². The zero-order chi connectivity index (χ0) is 24.7. The fourth-order valence-electron chi connectivity index (χ4n) is 3.76. The van der Waals surface area contributed by atoms with Crippen LogP contribution in [0.1, 0.15) is 53.5 Å². The van der Waals surface area contributed by atoms with E-state index in [9.17, 15) is 18.0 Å². The third kappa shape index (κ3) is 6.65. The van der Waals surface area contributed by atoms with Gasteiger partial charge in [0.25, 0.3) is 11.8 Å². The largest absolute Gasteiger partial charge is 0.350 e. The van der Waals surface area contributed by atoms with Crippen LogP contribution in [-0.4, -0.2) is 67.4 Å². The van der Waals surface area contributed by atoms with Crippen molar-refractivity contribution >= 4 is 27.5 Å². The molecule has 0 radical (unpaired) electrons. The molecule has 34 heavy (non-hydrogen) atoms. The van der Waals surface area contributed by atoms with Crippen molar-refractivity contribution in [2.75, 3.05) is 37.2 Å². The molecule has 2 N–H and O–H groups in total. The van der Waals surface area contributed by atoms with Gasteiger partial charge in [-0.3, -0.25) is 14.5 Å². The van der Waals surface area contributed by atoms with Crippen LogP contribution in [0.3, 0.4) is 0 Å². The SMILES string of the molecule is CCC(C)NC(=O)c1ccccc1NC(=O)c1ccc(CN2CCN(S(=O)(=O)CC)CC2)cc1. The highest BCUT2D eigenvalue weighted by molar-refractivity contribution is 7.89. The van der Waals surface area contributed by atoms with E-state index in [1.54, 1.807) is 47.6 Å². The predicted molar refractivity (Wildman–Crippen MR) is 134 cm³/mol. The number of nitrogens with zero attached hydrogens (tertiary/aromatic N) is 2. The van der Waals surface area contributed by atoms with Gasteiger partial charge in [-0.25, -0.2) is 8.42 Å². The molecule has 184 valence electrons. The molecule has 1 fully saturated rings. The molecule has 2 aromatic carbocycles. The van der Waals surface area contributed by atoms with E-state index in [0.29, 0.717) is 49.5 Å². The van der Waals surface area contributed by atoms with Crippen molar-refractivity contribution in [3.63, 3.8) is 0 Å². The normalized spacial score (nSPS) is 16.1. The molecule has 0 aliphatic carbocycles. The highest BCUT2D eigenvalue weighted by Gasteiger charge is 2.25. The van der Waals surface area contributed by atoms with Crippen molar-refractivity contribution in [3.05, 3.63) is 65.2 Å². The van der Waals surface area contributed by atoms with E-state index >= 15 is 0 Å². The number of sulfonamides is 1. The van der Waals surface area contributed by atoms with Gasteiger partial charge >= 0.3 is 0 Å². The molecule has 8 nitrogen and oxygen atoms in total. The first kappa shape index (κ1) is 25.9. The summed E-state index contributed by atoms with van der Waals surface area (Å²) in [6, 6.07) is 14.4. The minimum Gasteiger partial charge on any atom is -0.350 e. The average molecular weight is 487 g/mol. The summed E-state index contributed by atoms with van der Waals surface area (Å²) in [6.45, 7) is 8.66. The van der Waals surface area contributed by atoms with Gasteiger partial charge in [-0.1, -0.05) is 31.2 Å². The number of piperazine rings is 1. The Labute approximate surface area is 202 Å². The van der Waals surface area contributed by atoms with Gasteiger partial charge in [0.15, 0.2) is 0 Å². The molecule has 3 rings (SSSR count). The first-order valence-corrected chi connectivity index (χ1v) is 13.3. The Balaban J connectivity index is 1.59. The topological polar surface area (TPSA) is 98.8 Å². The summed E-state index contributed by atoms with van der Waals surface area (Å²) in [5.41, 5.74) is 2.45. The fraction of sp³-hybridized carbons (Fsp3) is 0.440. The summed E-state index contributed by atoms with van der Waals surface area (Å²) >= 11 is 0. The molecule has 1 saturated heterocycles. The van der Waals surface area contributed by atoms with E-state index in [1.807, 2.05) is 26.0 Å². The average Bonchev–Trinajstić information content (AvgIpc) is 2.85. The Bertz CT molecular complexity index is 1090. The van der Waals surface area contributed by atoms with E-state index in [0.717, 1.165) is 12.0 Å². The summed E-state index contributed by atoms with van der Waals surface area (Å²) in [5.74, 6) is -0.370. The zero-order valence-corrected chi connectivity index (χ0v) is 20.9. The molecule has 2 amide bonds. The smallest absolute Gasteiger partial charge is 0.255 e. The molecule has 1 aliphatic rings. The first-order chi connectivity index (χ1) is 16.2. The third-order valence-electron chi connectivity index (χ3n) is 6.12. The molecule has 1 aliphatic heterocycles. The second-order valence-corrected chi connectivity index (χ2v) is 10.8. The summed E-state index contributed by atoms with van der Waals surface area (Å²) in [6.07, 6.45) is 0.820. The van der Waals surface area contributed by atoms with E-state index in [4.69, 9.17) is 0 Å². The number of rotatable bonds is 9. The van der Waals surface area contributed by atoms with E-state index in [1.165, 1.54) is 0 Å². The minimum atomic E-state index is -3.14. The monoisotopic (exact) mass is 486 g/mol. The Hall–Kier alpha value is -2.75. The maximum Gasteiger partial charge on any atom is 0.255 e. The second kappa shape index (κ2) is 11.6. The van der Waals surface area contributed by atoms with Crippen LogP contribution in [0.2, 0.25) is 0 Å². The molecule has 0 saturated carbocycles. The van der Waals surface area contributed by atoms with Crippen LogP contribution in [0.25, 0.3) is 0 Å². The van der Waals surface area contributed by atoms with E-state index in [-0.39, 0.29) is 23.6 Å². The Morgan fingerprint density at radius 1 is 0.941 bits per heavy atom. The number of nitrogens with one attached hydrogen (secondary N) is 2. The van der Waals surface area contributed by atoms with Gasteiger partial charge in [-0.15, -0.1) is 0 Å². The Morgan fingerprint density at radius 2 is 1.59 bits per heavy atom. The number of hydrogen-bond donors (Lipinski definition) is 2. The zero-order valence-electron chi connectivity index (χ0n) is 20.1. The summed E-state index contributed by atoms with van der Waals surface area (Å²) in [7, 11) is -3.14. The van der Waals surface area contributed by atoms with Crippen LogP contribution in [0, 0.1) is 0 Å². The summed E-state index contributed by atoms with van der Waals surface area (Å²) < 4.78 is 25.6. The number of benzene rings is 2. The molecule has 0 spiro atoms. The highest BCUT2D eigenvalue weighted by Crippen LogP contribution is 2.18. The third-order valence-corrected chi connectivity index (χ3v) is 8.00. The van der Waals surface area contributed by atoms with Crippen LogP contribution in [-0.2, 0) is 16.6 Å². The maximum absolute atomic E-state index is 12.8. The number of carbonyl (C=O) groups is 2. The molecule has 0 bridgehead atoms. The lowest BCUT2D eigenvalue weighted by Crippen LogP contribution is -2.48. The van der Waals surface area contributed by atoms with Crippen molar-refractivity contribution in [1.29, 1.82) is 0 Å².